The Hall–Kier alpha value is -4.66. The number of amides is 1. The number of hydrogen-bond acceptors (Lipinski definition) is 6. The molecule has 0 saturated carbocycles. The molecular formula is C24H18FN7O. The first kappa shape index (κ1) is 20.3. The first-order chi connectivity index (χ1) is 16.2. The van der Waals surface area contributed by atoms with Crippen LogP contribution in [0.2, 0.25) is 0 Å². The Bertz CT molecular complexity index is 1420. The Labute approximate surface area is 188 Å². The lowest BCUT2D eigenvalue weighted by Gasteiger charge is -2.08. The van der Waals surface area contributed by atoms with E-state index in [1.807, 2.05) is 12.1 Å². The van der Waals surface area contributed by atoms with Crippen LogP contribution in [0.5, 0.6) is 0 Å². The van der Waals surface area contributed by atoms with Gasteiger partial charge in [-0.05, 0) is 54.1 Å². The zero-order valence-corrected chi connectivity index (χ0v) is 17.3. The molecule has 0 aliphatic rings. The van der Waals surface area contributed by atoms with Crippen LogP contribution in [0.15, 0.2) is 85.2 Å². The maximum Gasteiger partial charge on any atom is 0.255 e. The molecule has 8 nitrogen and oxygen atoms in total. The van der Waals surface area contributed by atoms with E-state index >= 15 is 0 Å². The first-order valence-corrected chi connectivity index (χ1v) is 10.2. The zero-order valence-electron chi connectivity index (χ0n) is 17.3. The normalized spacial score (nSPS) is 10.8. The van der Waals surface area contributed by atoms with Gasteiger partial charge in [0.2, 0.25) is 0 Å². The molecule has 0 aliphatic heterocycles. The van der Waals surface area contributed by atoms with Crippen LogP contribution in [0.3, 0.4) is 0 Å². The van der Waals surface area contributed by atoms with Gasteiger partial charge in [-0.15, -0.1) is 15.3 Å². The monoisotopic (exact) mass is 439 g/mol. The molecule has 33 heavy (non-hydrogen) atoms. The number of hydrogen-bond donors (Lipinski definition) is 2. The third-order valence-corrected chi connectivity index (χ3v) is 5.01. The van der Waals surface area contributed by atoms with Gasteiger partial charge in [-0.2, -0.15) is 4.52 Å². The van der Waals surface area contributed by atoms with Gasteiger partial charge in [0.15, 0.2) is 11.5 Å². The van der Waals surface area contributed by atoms with E-state index in [-0.39, 0.29) is 11.7 Å². The third kappa shape index (κ3) is 4.38. The summed E-state index contributed by atoms with van der Waals surface area (Å²) in [6.45, 7) is 0.488. The molecule has 0 fully saturated rings. The molecule has 0 atom stereocenters. The average Bonchev–Trinajstić information content (AvgIpc) is 3.27. The van der Waals surface area contributed by atoms with E-state index in [0.717, 1.165) is 5.56 Å². The van der Waals surface area contributed by atoms with Crippen LogP contribution in [0.4, 0.5) is 15.9 Å². The number of halogens is 1. The van der Waals surface area contributed by atoms with Crippen molar-refractivity contribution in [3.05, 3.63) is 102 Å². The van der Waals surface area contributed by atoms with Crippen molar-refractivity contribution < 1.29 is 9.18 Å². The second-order valence-electron chi connectivity index (χ2n) is 7.23. The molecule has 162 valence electrons. The standard InChI is InChI=1S/C24H18FN7O/c25-20-4-2-1-3-19(20)23-30-29-22-10-9-21(31-32(22)23)27-15-16-5-7-17(8-6-16)24(33)28-18-11-13-26-14-12-18/h1-14H,15H2,(H,27,31)(H,26,28,33). The molecule has 0 unspecified atom stereocenters. The highest BCUT2D eigenvalue weighted by atomic mass is 19.1. The van der Waals surface area contributed by atoms with Crippen LogP contribution in [0, 0.1) is 5.82 Å². The molecule has 0 radical (unpaired) electrons. The number of aromatic nitrogens is 5. The smallest absolute Gasteiger partial charge is 0.255 e. The molecule has 2 N–H and O–H groups in total. The topological polar surface area (TPSA) is 97.1 Å². The van der Waals surface area contributed by atoms with E-state index in [4.69, 9.17) is 0 Å². The van der Waals surface area contributed by atoms with E-state index in [0.29, 0.717) is 40.6 Å². The van der Waals surface area contributed by atoms with Crippen molar-refractivity contribution in [2.24, 2.45) is 0 Å². The lowest BCUT2D eigenvalue weighted by atomic mass is 10.1. The minimum atomic E-state index is -0.389. The summed E-state index contributed by atoms with van der Waals surface area (Å²) in [4.78, 5) is 16.3. The fraction of sp³-hybridized carbons (Fsp3) is 0.0417. The number of fused-ring (bicyclic) bond motifs is 1. The molecule has 1 amide bonds. The number of carbonyl (C=O) groups excluding carboxylic acids is 1. The predicted molar refractivity (Wildman–Crippen MR) is 122 cm³/mol. The zero-order chi connectivity index (χ0) is 22.6. The number of anilines is 2. The summed E-state index contributed by atoms with van der Waals surface area (Å²) >= 11 is 0. The maximum absolute atomic E-state index is 14.2. The highest BCUT2D eigenvalue weighted by Crippen LogP contribution is 2.21. The van der Waals surface area contributed by atoms with Crippen LogP contribution in [-0.4, -0.2) is 30.7 Å². The Balaban J connectivity index is 1.28. The number of nitrogens with one attached hydrogen (secondary N) is 2. The van der Waals surface area contributed by atoms with Gasteiger partial charge in [-0.25, -0.2) is 4.39 Å². The summed E-state index contributed by atoms with van der Waals surface area (Å²) in [5.74, 6) is 0.330. The van der Waals surface area contributed by atoms with Crippen molar-refractivity contribution in [3.63, 3.8) is 0 Å². The molecule has 3 heterocycles. The summed E-state index contributed by atoms with van der Waals surface area (Å²) in [6.07, 6.45) is 3.24. The Morgan fingerprint density at radius 3 is 2.48 bits per heavy atom. The first-order valence-electron chi connectivity index (χ1n) is 10.2. The number of carbonyl (C=O) groups is 1. The highest BCUT2D eigenvalue weighted by molar-refractivity contribution is 6.04. The molecule has 0 saturated heterocycles. The van der Waals surface area contributed by atoms with Crippen LogP contribution >= 0.6 is 0 Å². The van der Waals surface area contributed by atoms with E-state index in [2.05, 4.69) is 30.9 Å². The molecule has 9 heteroatoms. The average molecular weight is 439 g/mol. The second kappa shape index (κ2) is 8.83. The molecule has 0 spiro atoms. The van der Waals surface area contributed by atoms with E-state index < -0.39 is 0 Å². The summed E-state index contributed by atoms with van der Waals surface area (Å²) in [7, 11) is 0. The lowest BCUT2D eigenvalue weighted by molar-refractivity contribution is 0.102. The van der Waals surface area contributed by atoms with Gasteiger partial charge in [-0.3, -0.25) is 9.78 Å². The van der Waals surface area contributed by atoms with Crippen LogP contribution in [-0.2, 0) is 6.54 Å². The summed E-state index contributed by atoms with van der Waals surface area (Å²) in [5.41, 5.74) is 3.05. The van der Waals surface area contributed by atoms with Crippen molar-refractivity contribution in [2.75, 3.05) is 10.6 Å². The number of benzene rings is 2. The molecule has 5 rings (SSSR count). The van der Waals surface area contributed by atoms with Crippen LogP contribution < -0.4 is 10.6 Å². The van der Waals surface area contributed by atoms with E-state index in [1.54, 1.807) is 67.0 Å². The van der Waals surface area contributed by atoms with Crippen molar-refractivity contribution in [3.8, 4) is 11.4 Å². The molecule has 2 aromatic carbocycles. The fourth-order valence-corrected chi connectivity index (χ4v) is 3.30. The van der Waals surface area contributed by atoms with Crippen molar-refractivity contribution >= 4 is 23.1 Å². The fourth-order valence-electron chi connectivity index (χ4n) is 3.30. The third-order valence-electron chi connectivity index (χ3n) is 5.01. The van der Waals surface area contributed by atoms with E-state index in [1.165, 1.54) is 10.6 Å². The highest BCUT2D eigenvalue weighted by Gasteiger charge is 2.13. The molecule has 5 aromatic rings. The Morgan fingerprint density at radius 2 is 1.70 bits per heavy atom. The summed E-state index contributed by atoms with van der Waals surface area (Å²) in [6, 6.07) is 20.7. The van der Waals surface area contributed by atoms with Crippen molar-refractivity contribution in [1.82, 2.24) is 24.8 Å². The van der Waals surface area contributed by atoms with Crippen molar-refractivity contribution in [2.45, 2.75) is 6.54 Å². The molecular weight excluding hydrogens is 421 g/mol. The van der Waals surface area contributed by atoms with Crippen molar-refractivity contribution in [1.29, 1.82) is 0 Å². The molecule has 3 aromatic heterocycles. The van der Waals surface area contributed by atoms with E-state index in [9.17, 15) is 9.18 Å². The molecule has 0 aliphatic carbocycles. The lowest BCUT2D eigenvalue weighted by Crippen LogP contribution is -2.12. The van der Waals surface area contributed by atoms with Gasteiger partial charge < -0.3 is 10.6 Å². The SMILES string of the molecule is O=C(Nc1ccncc1)c1ccc(CNc2ccc3nnc(-c4ccccc4F)n3n2)cc1. The van der Waals surface area contributed by atoms with Crippen LogP contribution in [0.1, 0.15) is 15.9 Å². The number of pyridine rings is 1. The second-order valence-corrected chi connectivity index (χ2v) is 7.23. The van der Waals surface area contributed by atoms with Gasteiger partial charge in [0.1, 0.15) is 11.6 Å². The van der Waals surface area contributed by atoms with Gasteiger partial charge in [-0.1, -0.05) is 24.3 Å². The molecule has 0 bridgehead atoms. The number of rotatable bonds is 6. The maximum atomic E-state index is 14.2. The quantitative estimate of drug-likeness (QED) is 0.412. The minimum absolute atomic E-state index is 0.193. The minimum Gasteiger partial charge on any atom is -0.365 e. The van der Waals surface area contributed by atoms with Gasteiger partial charge in [0.05, 0.1) is 5.56 Å². The largest absolute Gasteiger partial charge is 0.365 e. The summed E-state index contributed by atoms with van der Waals surface area (Å²) in [5, 5.41) is 18.7. The van der Waals surface area contributed by atoms with Crippen LogP contribution in [0.25, 0.3) is 17.0 Å². The predicted octanol–water partition coefficient (Wildman–Crippen LogP) is 4.19. The Kier molecular flexibility index (Phi) is 5.42. The summed E-state index contributed by atoms with van der Waals surface area (Å²) < 4.78 is 15.7. The van der Waals surface area contributed by atoms with Gasteiger partial charge in [0.25, 0.3) is 5.91 Å². The Morgan fingerprint density at radius 1 is 0.909 bits per heavy atom. The number of nitrogens with zero attached hydrogens (tertiary/aromatic N) is 5. The van der Waals surface area contributed by atoms with Gasteiger partial charge in [0, 0.05) is 30.2 Å². The van der Waals surface area contributed by atoms with Gasteiger partial charge >= 0.3 is 0 Å².